The van der Waals surface area contributed by atoms with Gasteiger partial charge in [-0.25, -0.2) is 0 Å². The van der Waals surface area contributed by atoms with Gasteiger partial charge in [-0.05, 0) is 30.6 Å². The summed E-state index contributed by atoms with van der Waals surface area (Å²) in [5, 5.41) is 0. The first kappa shape index (κ1) is 12.1. The van der Waals surface area contributed by atoms with Crippen LogP contribution in [-0.2, 0) is 4.74 Å². The third-order valence-electron chi connectivity index (χ3n) is 4.42. The first-order valence-electron chi connectivity index (χ1n) is 6.58. The van der Waals surface area contributed by atoms with Gasteiger partial charge in [-0.15, -0.1) is 6.58 Å². The van der Waals surface area contributed by atoms with E-state index in [0.29, 0.717) is 11.3 Å². The Bertz CT molecular complexity index is 243. The molecule has 0 bridgehead atoms. The van der Waals surface area contributed by atoms with Gasteiger partial charge in [-0.1, -0.05) is 19.9 Å². The van der Waals surface area contributed by atoms with E-state index in [2.05, 4.69) is 31.4 Å². The van der Waals surface area contributed by atoms with E-state index in [1.54, 1.807) is 0 Å². The van der Waals surface area contributed by atoms with Gasteiger partial charge in [-0.2, -0.15) is 0 Å². The van der Waals surface area contributed by atoms with Crippen molar-refractivity contribution in [1.29, 1.82) is 0 Å². The van der Waals surface area contributed by atoms with Gasteiger partial charge < -0.3 is 4.74 Å². The minimum atomic E-state index is 0.420. The first-order valence-corrected chi connectivity index (χ1v) is 6.58. The lowest BCUT2D eigenvalue weighted by Crippen LogP contribution is -2.48. The van der Waals surface area contributed by atoms with E-state index in [-0.39, 0.29) is 0 Å². The molecular weight excluding hydrogens is 198 g/mol. The van der Waals surface area contributed by atoms with Crippen molar-refractivity contribution in [2.24, 2.45) is 11.3 Å². The van der Waals surface area contributed by atoms with Gasteiger partial charge in [0.05, 0.1) is 13.2 Å². The summed E-state index contributed by atoms with van der Waals surface area (Å²) in [6.45, 7) is 12.9. The van der Waals surface area contributed by atoms with Crippen LogP contribution in [-0.4, -0.2) is 37.2 Å². The highest BCUT2D eigenvalue weighted by atomic mass is 16.5. The Morgan fingerprint density at radius 3 is 2.50 bits per heavy atom. The zero-order chi connectivity index (χ0) is 11.6. The molecule has 0 unspecified atom stereocenters. The van der Waals surface area contributed by atoms with E-state index in [4.69, 9.17) is 4.74 Å². The van der Waals surface area contributed by atoms with Gasteiger partial charge in [0.2, 0.25) is 0 Å². The lowest BCUT2D eigenvalue weighted by atomic mass is 9.67. The number of nitrogens with zero attached hydrogens (tertiary/aromatic N) is 1. The van der Waals surface area contributed by atoms with Crippen molar-refractivity contribution in [2.45, 2.75) is 39.2 Å². The molecule has 0 amide bonds. The van der Waals surface area contributed by atoms with Crippen molar-refractivity contribution in [2.75, 3.05) is 26.3 Å². The van der Waals surface area contributed by atoms with E-state index >= 15 is 0 Å². The summed E-state index contributed by atoms with van der Waals surface area (Å²) in [7, 11) is 0. The summed E-state index contributed by atoms with van der Waals surface area (Å²) < 4.78 is 5.43. The molecule has 1 saturated heterocycles. The number of rotatable bonds is 2. The van der Waals surface area contributed by atoms with Crippen LogP contribution in [0, 0.1) is 11.3 Å². The average molecular weight is 223 g/mol. The van der Waals surface area contributed by atoms with Crippen LogP contribution in [0.2, 0.25) is 0 Å². The van der Waals surface area contributed by atoms with Crippen molar-refractivity contribution in [3.63, 3.8) is 0 Å². The zero-order valence-corrected chi connectivity index (χ0v) is 10.7. The lowest BCUT2D eigenvalue weighted by Gasteiger charge is -2.46. The minimum Gasteiger partial charge on any atom is -0.379 e. The van der Waals surface area contributed by atoms with Gasteiger partial charge in [0.15, 0.2) is 0 Å². The minimum absolute atomic E-state index is 0.420. The van der Waals surface area contributed by atoms with E-state index in [1.807, 2.05) is 0 Å². The number of hydrogen-bond acceptors (Lipinski definition) is 2. The van der Waals surface area contributed by atoms with E-state index in [1.165, 1.54) is 19.3 Å². The van der Waals surface area contributed by atoms with Crippen molar-refractivity contribution in [3.8, 4) is 0 Å². The van der Waals surface area contributed by atoms with Crippen molar-refractivity contribution in [3.05, 3.63) is 12.7 Å². The fourth-order valence-electron chi connectivity index (χ4n) is 3.31. The molecule has 0 aromatic carbocycles. The van der Waals surface area contributed by atoms with Crippen LogP contribution in [0.3, 0.4) is 0 Å². The molecule has 0 aromatic rings. The van der Waals surface area contributed by atoms with Crippen LogP contribution in [0.4, 0.5) is 0 Å². The SMILES string of the molecule is C=C[C@H]1CC[C@H](N2CCOCC2)CC1(C)C. The molecule has 92 valence electrons. The molecule has 2 nitrogen and oxygen atoms in total. The number of morpholine rings is 1. The highest BCUT2D eigenvalue weighted by Crippen LogP contribution is 2.42. The van der Waals surface area contributed by atoms with Crippen LogP contribution in [0.1, 0.15) is 33.1 Å². The molecule has 16 heavy (non-hydrogen) atoms. The maximum absolute atomic E-state index is 5.43. The molecule has 1 heterocycles. The third-order valence-corrected chi connectivity index (χ3v) is 4.42. The van der Waals surface area contributed by atoms with Gasteiger partial charge in [-0.3, -0.25) is 4.90 Å². The molecule has 0 aromatic heterocycles. The molecule has 2 rings (SSSR count). The summed E-state index contributed by atoms with van der Waals surface area (Å²) in [4.78, 5) is 2.63. The van der Waals surface area contributed by atoms with Crippen LogP contribution in [0.15, 0.2) is 12.7 Å². The molecule has 0 spiro atoms. The zero-order valence-electron chi connectivity index (χ0n) is 10.7. The summed E-state index contributed by atoms with van der Waals surface area (Å²) in [5.41, 5.74) is 0.420. The Balaban J connectivity index is 1.96. The maximum Gasteiger partial charge on any atom is 0.0594 e. The second-order valence-electron chi connectivity index (χ2n) is 5.91. The van der Waals surface area contributed by atoms with Gasteiger partial charge >= 0.3 is 0 Å². The standard InChI is InChI=1S/C14H25NO/c1-4-12-5-6-13(11-14(12,2)3)15-7-9-16-10-8-15/h4,12-13H,1,5-11H2,2-3H3/t12-,13-/m0/s1. The molecular formula is C14H25NO. The van der Waals surface area contributed by atoms with Gasteiger partial charge in [0.1, 0.15) is 0 Å². The Kier molecular flexibility index (Phi) is 3.70. The fourth-order valence-corrected chi connectivity index (χ4v) is 3.31. The monoisotopic (exact) mass is 223 g/mol. The summed E-state index contributed by atoms with van der Waals surface area (Å²) >= 11 is 0. The number of hydrogen-bond donors (Lipinski definition) is 0. The molecule has 0 N–H and O–H groups in total. The molecule has 2 aliphatic rings. The second kappa shape index (κ2) is 4.89. The molecule has 0 radical (unpaired) electrons. The predicted octanol–water partition coefficient (Wildman–Crippen LogP) is 2.70. The topological polar surface area (TPSA) is 12.5 Å². The fraction of sp³-hybridized carbons (Fsp3) is 0.857. The first-order chi connectivity index (χ1) is 7.63. The summed E-state index contributed by atoms with van der Waals surface area (Å²) in [5.74, 6) is 0.699. The van der Waals surface area contributed by atoms with Crippen LogP contribution in [0.5, 0.6) is 0 Å². The Labute approximate surface area is 99.7 Å². The smallest absolute Gasteiger partial charge is 0.0594 e. The second-order valence-corrected chi connectivity index (χ2v) is 5.91. The van der Waals surface area contributed by atoms with Crippen LogP contribution >= 0.6 is 0 Å². The number of ether oxygens (including phenoxy) is 1. The normalized spacial score (nSPS) is 35.9. The largest absolute Gasteiger partial charge is 0.379 e. The molecule has 2 fully saturated rings. The maximum atomic E-state index is 5.43. The quantitative estimate of drug-likeness (QED) is 0.667. The van der Waals surface area contributed by atoms with E-state index in [9.17, 15) is 0 Å². The van der Waals surface area contributed by atoms with Crippen molar-refractivity contribution < 1.29 is 4.74 Å². The molecule has 1 aliphatic carbocycles. The molecule has 2 heteroatoms. The van der Waals surface area contributed by atoms with E-state index in [0.717, 1.165) is 32.3 Å². The van der Waals surface area contributed by atoms with Crippen LogP contribution < -0.4 is 0 Å². The van der Waals surface area contributed by atoms with Gasteiger partial charge in [0.25, 0.3) is 0 Å². The van der Waals surface area contributed by atoms with Crippen molar-refractivity contribution >= 4 is 0 Å². The molecule has 1 aliphatic heterocycles. The lowest BCUT2D eigenvalue weighted by molar-refractivity contribution is -0.0128. The molecule has 2 atom stereocenters. The van der Waals surface area contributed by atoms with Gasteiger partial charge in [0, 0.05) is 19.1 Å². The Morgan fingerprint density at radius 1 is 1.25 bits per heavy atom. The molecule has 1 saturated carbocycles. The predicted molar refractivity (Wildman–Crippen MR) is 67.5 cm³/mol. The Morgan fingerprint density at radius 2 is 1.94 bits per heavy atom. The number of allylic oxidation sites excluding steroid dienone is 1. The Hall–Kier alpha value is -0.340. The van der Waals surface area contributed by atoms with Crippen LogP contribution in [0.25, 0.3) is 0 Å². The highest BCUT2D eigenvalue weighted by Gasteiger charge is 2.37. The summed E-state index contributed by atoms with van der Waals surface area (Å²) in [6, 6.07) is 0.773. The third kappa shape index (κ3) is 2.49. The van der Waals surface area contributed by atoms with Crippen molar-refractivity contribution in [1.82, 2.24) is 4.90 Å². The van der Waals surface area contributed by atoms with E-state index < -0.39 is 0 Å². The summed E-state index contributed by atoms with van der Waals surface area (Å²) in [6.07, 6.45) is 6.11. The average Bonchev–Trinajstić information content (AvgIpc) is 2.29. The highest BCUT2D eigenvalue weighted by molar-refractivity contribution is 4.97.